The van der Waals surface area contributed by atoms with Crippen molar-refractivity contribution in [2.75, 3.05) is 13.1 Å². The van der Waals surface area contributed by atoms with Gasteiger partial charge in [0.1, 0.15) is 6.10 Å². The number of nitrogens with zero attached hydrogens (tertiary/aromatic N) is 4. The van der Waals surface area contributed by atoms with Crippen molar-refractivity contribution in [1.29, 1.82) is 5.26 Å². The lowest BCUT2D eigenvalue weighted by Gasteiger charge is -2.31. The van der Waals surface area contributed by atoms with Gasteiger partial charge in [-0.15, -0.1) is 5.10 Å². The highest BCUT2D eigenvalue weighted by Gasteiger charge is 2.25. The van der Waals surface area contributed by atoms with E-state index in [9.17, 15) is 4.79 Å². The Labute approximate surface area is 134 Å². The number of piperidine rings is 1. The van der Waals surface area contributed by atoms with Crippen LogP contribution in [0, 0.1) is 11.3 Å². The number of carbonyl (C=O) groups is 1. The number of rotatable bonds is 3. The van der Waals surface area contributed by atoms with Crippen LogP contribution in [-0.2, 0) is 0 Å². The average molecular weight is 308 g/mol. The third-order valence-corrected chi connectivity index (χ3v) is 3.80. The van der Waals surface area contributed by atoms with Gasteiger partial charge in [0.15, 0.2) is 0 Å². The Hall–Kier alpha value is -2.94. The number of benzene rings is 1. The number of nitriles is 1. The van der Waals surface area contributed by atoms with E-state index in [4.69, 9.17) is 10.00 Å². The highest BCUT2D eigenvalue weighted by molar-refractivity contribution is 5.94. The fraction of sp³-hybridized carbons (Fsp3) is 0.294. The molecule has 1 saturated heterocycles. The van der Waals surface area contributed by atoms with E-state index in [-0.39, 0.29) is 12.0 Å². The molecule has 0 radical (unpaired) electrons. The molecule has 1 aliphatic heterocycles. The number of carbonyl (C=O) groups excluding carboxylic acids is 1. The van der Waals surface area contributed by atoms with Crippen molar-refractivity contribution in [3.8, 4) is 11.9 Å². The van der Waals surface area contributed by atoms with Gasteiger partial charge in [0, 0.05) is 43.8 Å². The minimum atomic E-state index is -0.0416. The van der Waals surface area contributed by atoms with E-state index in [0.717, 1.165) is 12.8 Å². The molecular formula is C17H16N4O2. The van der Waals surface area contributed by atoms with Gasteiger partial charge in [-0.25, -0.2) is 0 Å². The average Bonchev–Trinajstić information content (AvgIpc) is 2.63. The van der Waals surface area contributed by atoms with Gasteiger partial charge in [0.2, 0.25) is 5.88 Å². The predicted octanol–water partition coefficient (Wildman–Crippen LogP) is 2.03. The molecule has 0 saturated carbocycles. The second-order valence-electron chi connectivity index (χ2n) is 5.36. The summed E-state index contributed by atoms with van der Waals surface area (Å²) >= 11 is 0. The Balaban J connectivity index is 1.58. The maximum atomic E-state index is 12.5. The quantitative estimate of drug-likeness (QED) is 0.867. The summed E-state index contributed by atoms with van der Waals surface area (Å²) in [6, 6.07) is 12.4. The molecule has 6 nitrogen and oxygen atoms in total. The van der Waals surface area contributed by atoms with Gasteiger partial charge in [-0.3, -0.25) is 4.79 Å². The number of ether oxygens (including phenoxy) is 1. The molecule has 23 heavy (non-hydrogen) atoms. The van der Waals surface area contributed by atoms with Crippen molar-refractivity contribution >= 4 is 5.91 Å². The minimum absolute atomic E-state index is 0.0416. The van der Waals surface area contributed by atoms with Crippen molar-refractivity contribution in [3.63, 3.8) is 0 Å². The van der Waals surface area contributed by atoms with E-state index >= 15 is 0 Å². The molecule has 1 fully saturated rings. The SMILES string of the molecule is N#Cc1cccc(C(=O)N2CCC(Oc3cccnn3)CC2)c1. The zero-order valence-electron chi connectivity index (χ0n) is 12.6. The molecule has 0 atom stereocenters. The molecule has 3 rings (SSSR count). The van der Waals surface area contributed by atoms with Crippen LogP contribution >= 0.6 is 0 Å². The number of likely N-dealkylation sites (tertiary alicyclic amines) is 1. The van der Waals surface area contributed by atoms with Crippen molar-refractivity contribution in [3.05, 3.63) is 53.7 Å². The first-order valence-corrected chi connectivity index (χ1v) is 7.50. The van der Waals surface area contributed by atoms with Crippen LogP contribution in [0.2, 0.25) is 0 Å². The predicted molar refractivity (Wildman–Crippen MR) is 82.7 cm³/mol. The van der Waals surface area contributed by atoms with E-state index in [1.807, 2.05) is 0 Å². The maximum absolute atomic E-state index is 12.5. The number of amides is 1. The summed E-state index contributed by atoms with van der Waals surface area (Å²) in [5, 5.41) is 16.6. The van der Waals surface area contributed by atoms with Crippen LogP contribution in [0.5, 0.6) is 5.88 Å². The first-order valence-electron chi connectivity index (χ1n) is 7.50. The Kier molecular flexibility index (Phi) is 4.48. The lowest BCUT2D eigenvalue weighted by atomic mass is 10.1. The monoisotopic (exact) mass is 308 g/mol. The third-order valence-electron chi connectivity index (χ3n) is 3.80. The zero-order chi connectivity index (χ0) is 16.1. The minimum Gasteiger partial charge on any atom is -0.473 e. The molecule has 1 amide bonds. The highest BCUT2D eigenvalue weighted by atomic mass is 16.5. The summed E-state index contributed by atoms with van der Waals surface area (Å²) in [4.78, 5) is 14.3. The Bertz CT molecular complexity index is 719. The standard InChI is InChI=1S/C17H16N4O2/c18-12-13-3-1-4-14(11-13)17(22)21-9-6-15(7-10-21)23-16-5-2-8-19-20-16/h1-5,8,11,15H,6-7,9-10H2. The Morgan fingerprint density at radius 2 is 2.09 bits per heavy atom. The summed E-state index contributed by atoms with van der Waals surface area (Å²) in [6.07, 6.45) is 3.14. The summed E-state index contributed by atoms with van der Waals surface area (Å²) in [6.45, 7) is 1.25. The molecule has 2 heterocycles. The maximum Gasteiger partial charge on any atom is 0.253 e. The zero-order valence-corrected chi connectivity index (χ0v) is 12.6. The van der Waals surface area contributed by atoms with Crippen LogP contribution in [0.25, 0.3) is 0 Å². The van der Waals surface area contributed by atoms with E-state index in [1.165, 1.54) is 0 Å². The molecule has 1 aromatic heterocycles. The molecule has 6 heteroatoms. The smallest absolute Gasteiger partial charge is 0.253 e. The van der Waals surface area contributed by atoms with E-state index in [2.05, 4.69) is 16.3 Å². The van der Waals surface area contributed by atoms with Crippen LogP contribution in [0.1, 0.15) is 28.8 Å². The van der Waals surface area contributed by atoms with Crippen LogP contribution in [-0.4, -0.2) is 40.2 Å². The summed E-state index contributed by atoms with van der Waals surface area (Å²) in [5.74, 6) is 0.471. The van der Waals surface area contributed by atoms with Crippen LogP contribution in [0.3, 0.4) is 0 Å². The summed E-state index contributed by atoms with van der Waals surface area (Å²) in [7, 11) is 0. The topological polar surface area (TPSA) is 79.1 Å². The highest BCUT2D eigenvalue weighted by Crippen LogP contribution is 2.18. The Morgan fingerprint density at radius 3 is 2.78 bits per heavy atom. The second kappa shape index (κ2) is 6.88. The van der Waals surface area contributed by atoms with Gasteiger partial charge in [0.25, 0.3) is 5.91 Å². The van der Waals surface area contributed by atoms with E-state index in [0.29, 0.717) is 30.1 Å². The Morgan fingerprint density at radius 1 is 1.26 bits per heavy atom. The van der Waals surface area contributed by atoms with Crippen molar-refractivity contribution < 1.29 is 9.53 Å². The molecule has 2 aromatic rings. The van der Waals surface area contributed by atoms with Gasteiger partial charge >= 0.3 is 0 Å². The lowest BCUT2D eigenvalue weighted by molar-refractivity contribution is 0.0586. The third kappa shape index (κ3) is 3.64. The van der Waals surface area contributed by atoms with Crippen LogP contribution < -0.4 is 4.74 Å². The molecule has 1 aromatic carbocycles. The normalized spacial score (nSPS) is 15.0. The first-order chi connectivity index (χ1) is 11.3. The second-order valence-corrected chi connectivity index (χ2v) is 5.36. The number of hydrogen-bond donors (Lipinski definition) is 0. The number of hydrogen-bond acceptors (Lipinski definition) is 5. The summed E-state index contributed by atoms with van der Waals surface area (Å²) < 4.78 is 5.77. The number of aromatic nitrogens is 2. The molecule has 1 aliphatic rings. The van der Waals surface area contributed by atoms with Gasteiger partial charge < -0.3 is 9.64 Å². The molecule has 0 N–H and O–H groups in total. The van der Waals surface area contributed by atoms with Gasteiger partial charge in [0.05, 0.1) is 11.6 Å². The van der Waals surface area contributed by atoms with Gasteiger partial charge in [-0.05, 0) is 24.3 Å². The largest absolute Gasteiger partial charge is 0.473 e. The van der Waals surface area contributed by atoms with E-state index < -0.39 is 0 Å². The molecule has 0 aliphatic carbocycles. The van der Waals surface area contributed by atoms with Gasteiger partial charge in [-0.2, -0.15) is 10.4 Å². The van der Waals surface area contributed by atoms with Crippen molar-refractivity contribution in [1.82, 2.24) is 15.1 Å². The molecule has 116 valence electrons. The van der Waals surface area contributed by atoms with Crippen molar-refractivity contribution in [2.45, 2.75) is 18.9 Å². The molecule has 0 bridgehead atoms. The van der Waals surface area contributed by atoms with Crippen LogP contribution in [0.15, 0.2) is 42.6 Å². The van der Waals surface area contributed by atoms with Gasteiger partial charge in [-0.1, -0.05) is 6.07 Å². The molecular weight excluding hydrogens is 292 g/mol. The van der Waals surface area contributed by atoms with E-state index in [1.54, 1.807) is 47.5 Å². The summed E-state index contributed by atoms with van der Waals surface area (Å²) in [5.41, 5.74) is 1.05. The fourth-order valence-electron chi connectivity index (χ4n) is 2.60. The van der Waals surface area contributed by atoms with Crippen molar-refractivity contribution in [2.24, 2.45) is 0 Å². The molecule has 0 spiro atoms. The van der Waals surface area contributed by atoms with Crippen LogP contribution in [0.4, 0.5) is 0 Å². The first kappa shape index (κ1) is 15.0. The fourth-order valence-corrected chi connectivity index (χ4v) is 2.60. The lowest BCUT2D eigenvalue weighted by Crippen LogP contribution is -2.41. The molecule has 0 unspecified atom stereocenters.